The van der Waals surface area contributed by atoms with E-state index >= 15 is 0 Å². The fourth-order valence-electron chi connectivity index (χ4n) is 2.86. The zero-order valence-electron chi connectivity index (χ0n) is 16.9. The quantitative estimate of drug-likeness (QED) is 0.398. The van der Waals surface area contributed by atoms with Gasteiger partial charge >= 0.3 is 0 Å². The predicted octanol–water partition coefficient (Wildman–Crippen LogP) is 5.00. The van der Waals surface area contributed by atoms with Crippen LogP contribution in [0.4, 0.5) is 15.2 Å². The summed E-state index contributed by atoms with van der Waals surface area (Å²) in [7, 11) is -3.34. The zero-order valence-corrected chi connectivity index (χ0v) is 19.4. The lowest BCUT2D eigenvalue weighted by Crippen LogP contribution is -2.11. The Labute approximate surface area is 192 Å². The first-order valence-corrected chi connectivity index (χ1v) is 12.9. The molecule has 7 nitrogen and oxygen atoms in total. The highest BCUT2D eigenvalue weighted by Crippen LogP contribution is 2.30. The Bertz CT molecular complexity index is 1380. The average Bonchev–Trinajstić information content (AvgIpc) is 3.35. The molecule has 0 saturated carbocycles. The number of amides is 1. The van der Waals surface area contributed by atoms with Crippen LogP contribution in [0.25, 0.3) is 21.8 Å². The van der Waals surface area contributed by atoms with Crippen LogP contribution in [-0.4, -0.2) is 30.5 Å². The number of nitrogens with zero attached hydrogens (tertiary/aromatic N) is 2. The molecular weight excluding hydrogens is 471 g/mol. The minimum absolute atomic E-state index is 0.318. The van der Waals surface area contributed by atoms with E-state index in [9.17, 15) is 17.6 Å². The number of carbonyl (C=O) groups excluding carboxylic acids is 1. The van der Waals surface area contributed by atoms with Gasteiger partial charge < -0.3 is 0 Å². The van der Waals surface area contributed by atoms with Gasteiger partial charge in [-0.1, -0.05) is 12.1 Å². The van der Waals surface area contributed by atoms with Crippen LogP contribution >= 0.6 is 22.7 Å². The van der Waals surface area contributed by atoms with Crippen molar-refractivity contribution in [2.75, 3.05) is 16.3 Å². The van der Waals surface area contributed by atoms with E-state index in [-0.39, 0.29) is 11.7 Å². The largest absolute Gasteiger partial charge is 0.297 e. The van der Waals surface area contributed by atoms with E-state index in [0.29, 0.717) is 32.1 Å². The summed E-state index contributed by atoms with van der Waals surface area (Å²) in [5.74, 6) is -0.650. The van der Waals surface area contributed by atoms with Crippen LogP contribution in [0.15, 0.2) is 53.9 Å². The van der Waals surface area contributed by atoms with Crippen molar-refractivity contribution in [2.45, 2.75) is 6.92 Å². The number of hydrogen-bond acceptors (Lipinski definition) is 7. The number of anilines is 2. The fourth-order valence-corrected chi connectivity index (χ4v) is 5.11. The second-order valence-corrected chi connectivity index (χ2v) is 10.5. The Morgan fingerprint density at radius 3 is 2.31 bits per heavy atom. The average molecular weight is 489 g/mol. The van der Waals surface area contributed by atoms with Gasteiger partial charge in [-0.25, -0.2) is 22.8 Å². The molecule has 2 heterocycles. The third kappa shape index (κ3) is 5.18. The van der Waals surface area contributed by atoms with Crippen LogP contribution in [0.5, 0.6) is 0 Å². The van der Waals surface area contributed by atoms with Crippen LogP contribution < -0.4 is 10.0 Å². The van der Waals surface area contributed by atoms with Gasteiger partial charge in [0.1, 0.15) is 15.7 Å². The van der Waals surface area contributed by atoms with E-state index in [1.807, 2.05) is 0 Å². The summed E-state index contributed by atoms with van der Waals surface area (Å²) < 4.78 is 38.2. The van der Waals surface area contributed by atoms with Crippen LogP contribution in [-0.2, 0) is 10.0 Å². The molecule has 2 N–H and O–H groups in total. The van der Waals surface area contributed by atoms with Gasteiger partial charge in [0.2, 0.25) is 10.0 Å². The highest BCUT2D eigenvalue weighted by atomic mass is 32.2. The monoisotopic (exact) mass is 488 g/mol. The second kappa shape index (κ2) is 8.77. The summed E-state index contributed by atoms with van der Waals surface area (Å²) in [4.78, 5) is 22.1. The predicted molar refractivity (Wildman–Crippen MR) is 126 cm³/mol. The standard InChI is InChI=1S/C21H17FN4O3S3/c1-12-18(31-20(23-12)14-3-7-15(22)8-4-14)19(27)25-21-24-17(11-30-21)13-5-9-16(10-6-13)26-32(2,28)29/h3-11,26H,1-2H3,(H,24,25,27). The van der Waals surface area contributed by atoms with Crippen molar-refractivity contribution in [1.29, 1.82) is 0 Å². The van der Waals surface area contributed by atoms with Crippen LogP contribution in [0, 0.1) is 12.7 Å². The van der Waals surface area contributed by atoms with Crippen molar-refractivity contribution < 1.29 is 17.6 Å². The van der Waals surface area contributed by atoms with Gasteiger partial charge in [0, 0.05) is 22.2 Å². The number of aryl methyl sites for hydroxylation is 1. The van der Waals surface area contributed by atoms with Gasteiger partial charge in [0.15, 0.2) is 5.13 Å². The van der Waals surface area contributed by atoms with Crippen LogP contribution in [0.1, 0.15) is 15.4 Å². The number of aromatic nitrogens is 2. The van der Waals surface area contributed by atoms with Crippen molar-refractivity contribution in [1.82, 2.24) is 9.97 Å². The normalized spacial score (nSPS) is 11.3. The topological polar surface area (TPSA) is 101 Å². The van der Waals surface area contributed by atoms with E-state index in [4.69, 9.17) is 0 Å². The van der Waals surface area contributed by atoms with Crippen LogP contribution in [0.3, 0.4) is 0 Å². The molecular formula is C21H17FN4O3S3. The van der Waals surface area contributed by atoms with Gasteiger partial charge in [-0.2, -0.15) is 0 Å². The third-order valence-corrected chi connectivity index (χ3v) is 6.87. The van der Waals surface area contributed by atoms with Crippen molar-refractivity contribution in [3.8, 4) is 21.8 Å². The molecule has 164 valence electrons. The molecule has 0 unspecified atom stereocenters. The molecule has 0 aliphatic heterocycles. The summed E-state index contributed by atoms with van der Waals surface area (Å²) in [5.41, 5.74) is 3.22. The smallest absolute Gasteiger partial charge is 0.269 e. The molecule has 0 aliphatic rings. The number of benzene rings is 2. The molecule has 0 saturated heterocycles. The van der Waals surface area contributed by atoms with Gasteiger partial charge in [-0.15, -0.1) is 22.7 Å². The third-order valence-electron chi connectivity index (χ3n) is 4.30. The number of carbonyl (C=O) groups is 1. The molecule has 11 heteroatoms. The van der Waals surface area contributed by atoms with E-state index in [1.165, 1.54) is 34.8 Å². The minimum Gasteiger partial charge on any atom is -0.297 e. The minimum atomic E-state index is -3.34. The molecule has 0 radical (unpaired) electrons. The summed E-state index contributed by atoms with van der Waals surface area (Å²) in [6, 6.07) is 12.7. The maximum Gasteiger partial charge on any atom is 0.269 e. The lowest BCUT2D eigenvalue weighted by Gasteiger charge is -2.04. The maximum atomic E-state index is 13.2. The molecule has 2 aromatic heterocycles. The molecule has 0 fully saturated rings. The summed E-state index contributed by atoms with van der Waals surface area (Å²) in [5, 5.41) is 5.66. The van der Waals surface area contributed by atoms with Gasteiger partial charge in [0.25, 0.3) is 5.91 Å². The van der Waals surface area contributed by atoms with Gasteiger partial charge in [-0.3, -0.25) is 14.8 Å². The summed E-state index contributed by atoms with van der Waals surface area (Å²) in [6.07, 6.45) is 1.09. The van der Waals surface area contributed by atoms with Gasteiger partial charge in [-0.05, 0) is 43.3 Å². The fraction of sp³-hybridized carbons (Fsp3) is 0.0952. The molecule has 0 spiro atoms. The van der Waals surface area contributed by atoms with Crippen LogP contribution in [0.2, 0.25) is 0 Å². The Morgan fingerprint density at radius 1 is 1.00 bits per heavy atom. The number of thiazole rings is 2. The Morgan fingerprint density at radius 2 is 1.66 bits per heavy atom. The first kappa shape index (κ1) is 22.1. The molecule has 1 amide bonds. The number of sulfonamides is 1. The lowest BCUT2D eigenvalue weighted by atomic mass is 10.1. The number of rotatable bonds is 6. The molecule has 0 atom stereocenters. The highest BCUT2D eigenvalue weighted by molar-refractivity contribution is 7.92. The van der Waals surface area contributed by atoms with E-state index in [0.717, 1.165) is 17.4 Å². The van der Waals surface area contributed by atoms with E-state index < -0.39 is 10.0 Å². The van der Waals surface area contributed by atoms with Crippen molar-refractivity contribution >= 4 is 49.4 Å². The number of hydrogen-bond donors (Lipinski definition) is 2. The molecule has 0 aliphatic carbocycles. The number of nitrogens with one attached hydrogen (secondary N) is 2. The zero-order chi connectivity index (χ0) is 22.9. The SMILES string of the molecule is Cc1nc(-c2ccc(F)cc2)sc1C(=O)Nc1nc(-c2ccc(NS(C)(=O)=O)cc2)cs1. The van der Waals surface area contributed by atoms with Crippen molar-refractivity contribution in [3.05, 3.63) is 70.3 Å². The molecule has 4 aromatic rings. The summed E-state index contributed by atoms with van der Waals surface area (Å²) in [6.45, 7) is 1.75. The molecule has 0 bridgehead atoms. The summed E-state index contributed by atoms with van der Waals surface area (Å²) >= 11 is 2.51. The highest BCUT2D eigenvalue weighted by Gasteiger charge is 2.18. The maximum absolute atomic E-state index is 13.2. The molecule has 2 aromatic carbocycles. The first-order chi connectivity index (χ1) is 15.2. The Balaban J connectivity index is 1.48. The lowest BCUT2D eigenvalue weighted by molar-refractivity contribution is 0.103. The van der Waals surface area contributed by atoms with Crippen molar-refractivity contribution in [3.63, 3.8) is 0 Å². The van der Waals surface area contributed by atoms with Crippen molar-refractivity contribution in [2.24, 2.45) is 0 Å². The first-order valence-electron chi connectivity index (χ1n) is 9.26. The molecule has 4 rings (SSSR count). The van der Waals surface area contributed by atoms with E-state index in [1.54, 1.807) is 48.7 Å². The second-order valence-electron chi connectivity index (χ2n) is 6.88. The number of halogens is 1. The Hall–Kier alpha value is -3.15. The van der Waals surface area contributed by atoms with Gasteiger partial charge in [0.05, 0.1) is 17.6 Å². The van der Waals surface area contributed by atoms with E-state index in [2.05, 4.69) is 20.0 Å². The molecule has 32 heavy (non-hydrogen) atoms. The Kier molecular flexibility index (Phi) is 6.04.